The first kappa shape index (κ1) is 21.2. The van der Waals surface area contributed by atoms with Crippen molar-refractivity contribution in [2.45, 2.75) is 26.1 Å². The van der Waals surface area contributed by atoms with E-state index in [1.165, 1.54) is 18.4 Å². The highest BCUT2D eigenvalue weighted by Crippen LogP contribution is 2.31. The highest BCUT2D eigenvalue weighted by Gasteiger charge is 2.30. The number of alkyl halides is 3. The third-order valence-electron chi connectivity index (χ3n) is 5.33. The summed E-state index contributed by atoms with van der Waals surface area (Å²) in [6.07, 6.45) is -2.08. The van der Waals surface area contributed by atoms with Crippen LogP contribution in [0.4, 0.5) is 13.2 Å². The normalized spacial score (nSPS) is 15.8. The number of carbonyl (C=O) groups excluding carboxylic acids is 1. The van der Waals surface area contributed by atoms with Crippen LogP contribution in [-0.2, 0) is 12.7 Å². The van der Waals surface area contributed by atoms with Crippen molar-refractivity contribution in [3.8, 4) is 11.5 Å². The number of halogens is 3. The van der Waals surface area contributed by atoms with Gasteiger partial charge >= 0.3 is 6.18 Å². The van der Waals surface area contributed by atoms with E-state index < -0.39 is 11.7 Å². The molecule has 1 saturated heterocycles. The number of benzene rings is 1. The maximum Gasteiger partial charge on any atom is 0.416 e. The first-order valence-electron chi connectivity index (χ1n) is 10.0. The highest BCUT2D eigenvalue weighted by atomic mass is 19.4. The molecule has 164 valence electrons. The molecule has 0 unspecified atom stereocenters. The topological polar surface area (TPSA) is 62.7 Å². The van der Waals surface area contributed by atoms with E-state index in [-0.39, 0.29) is 5.91 Å². The lowest BCUT2D eigenvalue weighted by Crippen LogP contribution is -2.35. The zero-order valence-corrected chi connectivity index (χ0v) is 17.0. The maximum atomic E-state index is 12.8. The van der Waals surface area contributed by atoms with Crippen LogP contribution in [0.15, 0.2) is 51.5 Å². The fourth-order valence-corrected chi connectivity index (χ4v) is 3.60. The van der Waals surface area contributed by atoms with Gasteiger partial charge in [0.25, 0.3) is 5.91 Å². The van der Waals surface area contributed by atoms with Gasteiger partial charge in [0.2, 0.25) is 5.89 Å². The summed E-state index contributed by atoms with van der Waals surface area (Å²) in [5.41, 5.74) is 0.520. The molecule has 1 aromatic carbocycles. The number of amides is 1. The van der Waals surface area contributed by atoms with Crippen molar-refractivity contribution in [3.05, 3.63) is 65.4 Å². The van der Waals surface area contributed by atoms with Crippen LogP contribution in [0.2, 0.25) is 0 Å². The Kier molecular flexibility index (Phi) is 5.86. The quantitative estimate of drug-likeness (QED) is 0.601. The molecule has 0 atom stereocenters. The third-order valence-corrected chi connectivity index (χ3v) is 5.33. The number of oxazole rings is 1. The Bertz CT molecular complexity index is 1030. The Hall–Kier alpha value is -3.07. The molecule has 2 aromatic heterocycles. The second-order valence-corrected chi connectivity index (χ2v) is 7.50. The molecule has 1 aliphatic rings. The van der Waals surface area contributed by atoms with E-state index >= 15 is 0 Å². The van der Waals surface area contributed by atoms with Gasteiger partial charge in [0.1, 0.15) is 5.76 Å². The van der Waals surface area contributed by atoms with Crippen molar-refractivity contribution in [3.63, 3.8) is 0 Å². The molecule has 6 nitrogen and oxygen atoms in total. The molecular formula is C22H22F3N3O3. The zero-order valence-electron chi connectivity index (χ0n) is 17.0. The molecule has 3 heterocycles. The predicted molar refractivity (Wildman–Crippen MR) is 106 cm³/mol. The lowest BCUT2D eigenvalue weighted by Gasteiger charge is -2.20. The molecule has 0 radical (unpaired) electrons. The summed E-state index contributed by atoms with van der Waals surface area (Å²) in [5, 5.41) is 0. The Morgan fingerprint density at radius 2 is 1.87 bits per heavy atom. The van der Waals surface area contributed by atoms with E-state index in [1.54, 1.807) is 24.0 Å². The van der Waals surface area contributed by atoms with Crippen LogP contribution >= 0.6 is 0 Å². The first-order valence-corrected chi connectivity index (χ1v) is 10.0. The first-order chi connectivity index (χ1) is 14.8. The van der Waals surface area contributed by atoms with Crippen LogP contribution in [0.1, 0.15) is 34.0 Å². The highest BCUT2D eigenvalue weighted by molar-refractivity contribution is 5.91. The number of hydrogen-bond donors (Lipinski definition) is 0. The minimum atomic E-state index is -4.38. The van der Waals surface area contributed by atoms with Gasteiger partial charge in [-0.3, -0.25) is 9.69 Å². The Labute approximate surface area is 177 Å². The molecule has 1 aliphatic heterocycles. The second-order valence-electron chi connectivity index (χ2n) is 7.50. The van der Waals surface area contributed by atoms with Crippen LogP contribution in [0.3, 0.4) is 0 Å². The van der Waals surface area contributed by atoms with E-state index in [1.807, 2.05) is 0 Å². The molecule has 0 aliphatic carbocycles. The number of rotatable bonds is 4. The lowest BCUT2D eigenvalue weighted by atomic mass is 10.1. The van der Waals surface area contributed by atoms with Gasteiger partial charge in [-0.15, -0.1) is 0 Å². The summed E-state index contributed by atoms with van der Waals surface area (Å²) in [5.74, 6) is 1.14. The fourth-order valence-electron chi connectivity index (χ4n) is 3.60. The summed E-state index contributed by atoms with van der Waals surface area (Å²) in [7, 11) is 0. The van der Waals surface area contributed by atoms with Crippen molar-refractivity contribution < 1.29 is 26.8 Å². The number of aromatic nitrogens is 1. The zero-order chi connectivity index (χ0) is 22.0. The SMILES string of the molecule is Cc1oc(-c2ccc(C(F)(F)F)cc2)nc1CN1CCCN(C(=O)c2ccco2)CC1. The summed E-state index contributed by atoms with van der Waals surface area (Å²) >= 11 is 0. The Balaban J connectivity index is 1.41. The lowest BCUT2D eigenvalue weighted by molar-refractivity contribution is -0.137. The van der Waals surface area contributed by atoms with Crippen LogP contribution in [-0.4, -0.2) is 46.9 Å². The average Bonchev–Trinajstić information content (AvgIpc) is 3.33. The summed E-state index contributed by atoms with van der Waals surface area (Å²) in [6, 6.07) is 8.12. The van der Waals surface area contributed by atoms with Crippen LogP contribution in [0.5, 0.6) is 0 Å². The van der Waals surface area contributed by atoms with Crippen LogP contribution in [0, 0.1) is 6.92 Å². The fraction of sp³-hybridized carbons (Fsp3) is 0.364. The van der Waals surface area contributed by atoms with Gasteiger partial charge in [-0.05, 0) is 49.7 Å². The van der Waals surface area contributed by atoms with E-state index in [9.17, 15) is 18.0 Å². The maximum absolute atomic E-state index is 12.8. The van der Waals surface area contributed by atoms with Gasteiger partial charge in [0, 0.05) is 38.3 Å². The van der Waals surface area contributed by atoms with E-state index in [4.69, 9.17) is 8.83 Å². The van der Waals surface area contributed by atoms with Crippen molar-refractivity contribution in [2.24, 2.45) is 0 Å². The summed E-state index contributed by atoms with van der Waals surface area (Å²) < 4.78 is 49.2. The Morgan fingerprint density at radius 3 is 2.55 bits per heavy atom. The number of nitrogens with zero attached hydrogens (tertiary/aromatic N) is 3. The molecule has 4 rings (SSSR count). The monoisotopic (exact) mass is 433 g/mol. The molecule has 0 saturated carbocycles. The van der Waals surface area contributed by atoms with Crippen LogP contribution in [0.25, 0.3) is 11.5 Å². The third kappa shape index (κ3) is 4.82. The van der Waals surface area contributed by atoms with Crippen LogP contribution < -0.4 is 0 Å². The predicted octanol–water partition coefficient (Wildman–Crippen LogP) is 4.61. The van der Waals surface area contributed by atoms with Crippen molar-refractivity contribution in [2.75, 3.05) is 26.2 Å². The number of hydrogen-bond acceptors (Lipinski definition) is 5. The molecule has 0 spiro atoms. The molecule has 0 N–H and O–H groups in total. The molecule has 31 heavy (non-hydrogen) atoms. The summed E-state index contributed by atoms with van der Waals surface area (Å²) in [6.45, 7) is 5.02. The average molecular weight is 433 g/mol. The minimum Gasteiger partial charge on any atom is -0.459 e. The van der Waals surface area contributed by atoms with Crippen molar-refractivity contribution in [1.82, 2.24) is 14.8 Å². The second kappa shape index (κ2) is 8.58. The largest absolute Gasteiger partial charge is 0.459 e. The minimum absolute atomic E-state index is 0.117. The molecule has 0 bridgehead atoms. The van der Waals surface area contributed by atoms with E-state index in [0.717, 1.165) is 30.8 Å². The van der Waals surface area contributed by atoms with Gasteiger partial charge in [0.05, 0.1) is 17.5 Å². The molecule has 1 amide bonds. The van der Waals surface area contributed by atoms with Gasteiger partial charge < -0.3 is 13.7 Å². The van der Waals surface area contributed by atoms with Gasteiger partial charge in [-0.1, -0.05) is 0 Å². The van der Waals surface area contributed by atoms with Gasteiger partial charge in [-0.25, -0.2) is 4.98 Å². The van der Waals surface area contributed by atoms with Crippen molar-refractivity contribution >= 4 is 5.91 Å². The van der Waals surface area contributed by atoms with Gasteiger partial charge in [0.15, 0.2) is 5.76 Å². The number of carbonyl (C=O) groups is 1. The smallest absolute Gasteiger partial charge is 0.416 e. The molecular weight excluding hydrogens is 411 g/mol. The number of aryl methyl sites for hydroxylation is 1. The standard InChI is InChI=1S/C22H22F3N3O3/c1-15-18(26-20(31-15)16-5-7-17(8-6-16)22(23,24)25)14-27-9-3-10-28(12-11-27)21(29)19-4-2-13-30-19/h2,4-8,13H,3,9-12,14H2,1H3. The van der Waals surface area contributed by atoms with E-state index in [2.05, 4.69) is 9.88 Å². The van der Waals surface area contributed by atoms with Gasteiger partial charge in [-0.2, -0.15) is 13.2 Å². The number of furan rings is 1. The molecule has 3 aromatic rings. The summed E-state index contributed by atoms with van der Waals surface area (Å²) in [4.78, 5) is 21.0. The van der Waals surface area contributed by atoms with Crippen molar-refractivity contribution in [1.29, 1.82) is 0 Å². The van der Waals surface area contributed by atoms with E-state index in [0.29, 0.717) is 49.2 Å². The molecule has 1 fully saturated rings. The Morgan fingerprint density at radius 1 is 1.10 bits per heavy atom. The molecule has 9 heteroatoms.